The second-order valence-corrected chi connectivity index (χ2v) is 17.2. The monoisotopic (exact) mass is 845 g/mol. The van der Waals surface area contributed by atoms with Crippen LogP contribution in [0.15, 0.2) is 91.0 Å². The SMILES string of the molecule is CCC(C)C1NC(=O)C2CCCN2C(=O)C(Cc2ccccc2)NC(=O)C2CCCN2C(=O)C(Cc2ccccc2)NC(=O)C2CCCN2C(=O)C(Cc2ccccc2)NC1=O. The molecule has 14 nitrogen and oxygen atoms in total. The fraction of sp³-hybridized carbons (Fsp3) is 0.479. The number of nitrogens with zero attached hydrogens (tertiary/aromatic N) is 3. The molecule has 328 valence electrons. The molecule has 3 aromatic carbocycles. The van der Waals surface area contributed by atoms with E-state index in [0.717, 1.165) is 16.7 Å². The van der Waals surface area contributed by atoms with Crippen molar-refractivity contribution in [2.45, 2.75) is 120 Å². The third-order valence-corrected chi connectivity index (χ3v) is 13.0. The van der Waals surface area contributed by atoms with E-state index >= 15 is 0 Å². The topological polar surface area (TPSA) is 177 Å². The van der Waals surface area contributed by atoms with E-state index in [-0.39, 0.29) is 44.8 Å². The summed E-state index contributed by atoms with van der Waals surface area (Å²) >= 11 is 0. The minimum Gasteiger partial charge on any atom is -0.342 e. The molecule has 4 fully saturated rings. The van der Waals surface area contributed by atoms with Crippen LogP contribution in [0.2, 0.25) is 0 Å². The summed E-state index contributed by atoms with van der Waals surface area (Å²) in [4.78, 5) is 106. The van der Waals surface area contributed by atoms with Crippen LogP contribution in [0.3, 0.4) is 0 Å². The minimum atomic E-state index is -1.08. The lowest BCUT2D eigenvalue weighted by molar-refractivity contribution is -0.145. The fourth-order valence-corrected chi connectivity index (χ4v) is 9.41. The normalized spacial score (nSPS) is 27.3. The molecule has 3 aromatic rings. The Bertz CT molecular complexity index is 2090. The van der Waals surface area contributed by atoms with Gasteiger partial charge in [0.2, 0.25) is 41.4 Å². The van der Waals surface area contributed by atoms with Crippen molar-refractivity contribution >= 4 is 41.4 Å². The molecule has 0 aliphatic carbocycles. The molecule has 4 aliphatic rings. The van der Waals surface area contributed by atoms with Crippen LogP contribution in [0.4, 0.5) is 0 Å². The number of benzene rings is 3. The van der Waals surface area contributed by atoms with Gasteiger partial charge in [-0.1, -0.05) is 111 Å². The molecule has 0 aromatic heterocycles. The molecule has 4 N–H and O–H groups in total. The first kappa shape index (κ1) is 44.0. The quantitative estimate of drug-likeness (QED) is 0.270. The highest BCUT2D eigenvalue weighted by Crippen LogP contribution is 2.25. The highest BCUT2D eigenvalue weighted by atomic mass is 16.2. The Morgan fingerprint density at radius 3 is 1.10 bits per heavy atom. The van der Waals surface area contributed by atoms with Crippen LogP contribution in [0.25, 0.3) is 0 Å². The van der Waals surface area contributed by atoms with Crippen molar-refractivity contribution in [1.29, 1.82) is 0 Å². The van der Waals surface area contributed by atoms with E-state index in [0.29, 0.717) is 44.9 Å². The van der Waals surface area contributed by atoms with E-state index in [1.807, 2.05) is 105 Å². The van der Waals surface area contributed by atoms with Crippen molar-refractivity contribution < 1.29 is 33.6 Å². The van der Waals surface area contributed by atoms with Crippen molar-refractivity contribution in [3.63, 3.8) is 0 Å². The smallest absolute Gasteiger partial charge is 0.246 e. The average molecular weight is 846 g/mol. The Morgan fingerprint density at radius 1 is 0.468 bits per heavy atom. The van der Waals surface area contributed by atoms with Crippen molar-refractivity contribution in [1.82, 2.24) is 36.0 Å². The lowest BCUT2D eigenvalue weighted by atomic mass is 9.96. The van der Waals surface area contributed by atoms with Gasteiger partial charge in [-0.15, -0.1) is 0 Å². The number of rotatable bonds is 8. The van der Waals surface area contributed by atoms with Crippen molar-refractivity contribution in [2.24, 2.45) is 5.92 Å². The lowest BCUT2D eigenvalue weighted by Crippen LogP contribution is -2.60. The molecule has 0 spiro atoms. The summed E-state index contributed by atoms with van der Waals surface area (Å²) in [5, 5.41) is 11.9. The first-order valence-electron chi connectivity index (χ1n) is 22.3. The van der Waals surface area contributed by atoms with Gasteiger partial charge in [0.1, 0.15) is 42.3 Å². The second kappa shape index (κ2) is 20.2. The zero-order valence-corrected chi connectivity index (χ0v) is 35.7. The first-order valence-corrected chi connectivity index (χ1v) is 22.3. The molecular weight excluding hydrogens is 787 g/mol. The molecule has 4 saturated heterocycles. The number of carbonyl (C=O) groups is 7. The van der Waals surface area contributed by atoms with E-state index in [2.05, 4.69) is 21.3 Å². The van der Waals surface area contributed by atoms with Gasteiger partial charge in [-0.05, 0) is 61.1 Å². The van der Waals surface area contributed by atoms with Gasteiger partial charge in [-0.2, -0.15) is 0 Å². The summed E-state index contributed by atoms with van der Waals surface area (Å²) in [5.41, 5.74) is 2.40. The molecule has 4 aliphatic heterocycles. The molecule has 7 rings (SSSR count). The van der Waals surface area contributed by atoms with Crippen LogP contribution in [0, 0.1) is 5.92 Å². The van der Waals surface area contributed by atoms with Gasteiger partial charge in [0.05, 0.1) is 0 Å². The predicted octanol–water partition coefficient (Wildman–Crippen LogP) is 2.69. The summed E-state index contributed by atoms with van der Waals surface area (Å²) in [7, 11) is 0. The molecule has 14 heteroatoms. The van der Waals surface area contributed by atoms with Crippen LogP contribution >= 0.6 is 0 Å². The Balaban J connectivity index is 1.27. The second-order valence-electron chi connectivity index (χ2n) is 17.2. The standard InChI is InChI=1S/C48H59N7O7/c1-3-31(2)41-45(59)51-37(30-34-20-11-6-12-21-34)48(62)54-26-14-23-39(54)43(57)49-35(28-32-16-7-4-8-17-32)46(60)53-25-13-22-38(53)42(56)50-36(29-33-18-9-5-10-19-33)47(61)55-27-15-24-40(55)44(58)52-41/h4-12,16-21,31,35-41H,3,13-15,22-30H2,1-2H3,(H,49,57)(H,50,56)(H,51,59)(H,52,58). The highest BCUT2D eigenvalue weighted by molar-refractivity contribution is 5.99. The number of fused-ring (bicyclic) bond motifs is 3. The number of nitrogens with one attached hydrogen (secondary N) is 4. The van der Waals surface area contributed by atoms with E-state index in [4.69, 9.17) is 0 Å². The van der Waals surface area contributed by atoms with E-state index in [9.17, 15) is 33.6 Å². The summed E-state index contributed by atoms with van der Waals surface area (Å²) in [5.74, 6) is -3.70. The molecule has 0 radical (unpaired) electrons. The van der Waals surface area contributed by atoms with E-state index in [1.165, 1.54) is 14.7 Å². The summed E-state index contributed by atoms with van der Waals surface area (Å²) in [6.45, 7) is 4.58. The predicted molar refractivity (Wildman–Crippen MR) is 232 cm³/mol. The largest absolute Gasteiger partial charge is 0.342 e. The maximum atomic E-state index is 14.7. The van der Waals surface area contributed by atoms with Gasteiger partial charge < -0.3 is 36.0 Å². The maximum Gasteiger partial charge on any atom is 0.246 e. The Kier molecular flexibility index (Phi) is 14.4. The van der Waals surface area contributed by atoms with Gasteiger partial charge in [0, 0.05) is 38.9 Å². The number of hydrogen-bond donors (Lipinski definition) is 4. The van der Waals surface area contributed by atoms with Crippen LogP contribution in [0.1, 0.15) is 75.5 Å². The number of carbonyl (C=O) groups excluding carboxylic acids is 7. The van der Waals surface area contributed by atoms with Crippen LogP contribution in [-0.4, -0.2) is 118 Å². The summed E-state index contributed by atoms with van der Waals surface area (Å²) in [6, 6.07) is 20.9. The van der Waals surface area contributed by atoms with Gasteiger partial charge >= 0.3 is 0 Å². The zero-order chi connectivity index (χ0) is 43.8. The van der Waals surface area contributed by atoms with Gasteiger partial charge in [0.15, 0.2) is 0 Å². The van der Waals surface area contributed by atoms with Crippen molar-refractivity contribution in [3.8, 4) is 0 Å². The minimum absolute atomic E-state index is 0.137. The van der Waals surface area contributed by atoms with E-state index in [1.54, 1.807) is 0 Å². The van der Waals surface area contributed by atoms with Gasteiger partial charge in [-0.25, -0.2) is 0 Å². The molecule has 4 heterocycles. The van der Waals surface area contributed by atoms with Crippen molar-refractivity contribution in [2.75, 3.05) is 19.6 Å². The highest BCUT2D eigenvalue weighted by Gasteiger charge is 2.45. The van der Waals surface area contributed by atoms with E-state index < -0.39 is 83.6 Å². The average Bonchev–Trinajstić information content (AvgIpc) is 4.10. The number of hydrogen-bond acceptors (Lipinski definition) is 7. The fourth-order valence-electron chi connectivity index (χ4n) is 9.41. The molecule has 7 amide bonds. The third-order valence-electron chi connectivity index (χ3n) is 13.0. The van der Waals surface area contributed by atoms with Gasteiger partial charge in [-0.3, -0.25) is 33.6 Å². The molecular formula is C48H59N7O7. The van der Waals surface area contributed by atoms with Gasteiger partial charge in [0.25, 0.3) is 0 Å². The third kappa shape index (κ3) is 10.2. The molecule has 62 heavy (non-hydrogen) atoms. The van der Waals surface area contributed by atoms with Crippen LogP contribution in [-0.2, 0) is 52.8 Å². The first-order chi connectivity index (χ1) is 30.0. The molecule has 8 unspecified atom stereocenters. The number of amides is 7. The zero-order valence-electron chi connectivity index (χ0n) is 35.7. The Hall–Kier alpha value is -6.05. The Labute approximate surface area is 363 Å². The molecule has 0 bridgehead atoms. The summed E-state index contributed by atoms with van der Waals surface area (Å²) < 4.78 is 0. The van der Waals surface area contributed by atoms with Crippen LogP contribution in [0.5, 0.6) is 0 Å². The maximum absolute atomic E-state index is 14.7. The lowest BCUT2D eigenvalue weighted by Gasteiger charge is -2.33. The van der Waals surface area contributed by atoms with Crippen LogP contribution < -0.4 is 21.3 Å². The molecule has 0 saturated carbocycles. The molecule has 8 atom stereocenters. The summed E-state index contributed by atoms with van der Waals surface area (Å²) in [6.07, 6.45) is 3.65. The Morgan fingerprint density at radius 2 is 0.774 bits per heavy atom. The van der Waals surface area contributed by atoms with Crippen molar-refractivity contribution in [3.05, 3.63) is 108 Å².